The second-order valence-corrected chi connectivity index (χ2v) is 16.0. The van der Waals surface area contributed by atoms with Gasteiger partial charge in [0, 0.05) is 44.5 Å². The molecule has 8 bridgehead atoms. The number of aromatic hydroxyl groups is 4. The van der Waals surface area contributed by atoms with Gasteiger partial charge in [-0.15, -0.1) is 0 Å². The van der Waals surface area contributed by atoms with Crippen molar-refractivity contribution in [3.8, 4) is 67.5 Å². The minimum absolute atomic E-state index is 0.0446. The Morgan fingerprint density at radius 1 is 0.219 bits per heavy atom. The highest BCUT2D eigenvalue weighted by Gasteiger charge is 2.19. The molecule has 9 rings (SSSR count). The monoisotopic (exact) mass is 848 g/mol. The molecule has 0 aliphatic carbocycles. The minimum atomic E-state index is 0.0446. The summed E-state index contributed by atoms with van der Waals surface area (Å²) < 4.78 is 25.3. The number of rotatable bonds is 4. The lowest BCUT2D eigenvalue weighted by Gasteiger charge is -2.18. The highest BCUT2D eigenvalue weighted by atomic mass is 16.5. The number of hydrogen-bond acceptors (Lipinski definition) is 8. The summed E-state index contributed by atoms with van der Waals surface area (Å²) >= 11 is 0. The predicted molar refractivity (Wildman–Crippen MR) is 248 cm³/mol. The molecule has 4 N–H and O–H groups in total. The van der Waals surface area contributed by atoms with Crippen molar-refractivity contribution in [3.05, 3.63) is 214 Å². The Morgan fingerprint density at radius 2 is 0.375 bits per heavy atom. The molecule has 1 heterocycles. The molecule has 0 saturated carbocycles. The van der Waals surface area contributed by atoms with Crippen LogP contribution in [0.4, 0.5) is 0 Å². The van der Waals surface area contributed by atoms with E-state index in [0.717, 1.165) is 44.5 Å². The summed E-state index contributed by atoms with van der Waals surface area (Å²) in [6.45, 7) is 0.357. The first kappa shape index (κ1) is 42.1. The Bertz CT molecular complexity index is 2370. The topological polar surface area (TPSA) is 118 Å². The number of phenols is 4. The van der Waals surface area contributed by atoms with Crippen LogP contribution in [0.2, 0.25) is 0 Å². The summed E-state index contributed by atoms with van der Waals surface area (Å²) in [7, 11) is 0. The summed E-state index contributed by atoms with van der Waals surface area (Å²) in [4.78, 5) is 0. The van der Waals surface area contributed by atoms with E-state index in [2.05, 4.69) is 0 Å². The molecule has 64 heavy (non-hydrogen) atoms. The largest absolute Gasteiger partial charge is 0.507 e. The molecule has 0 saturated heterocycles. The molecule has 0 amide bonds. The number of hydrogen-bond donors (Lipinski definition) is 4. The number of phenolic OH excluding ortho intramolecular Hbond substituents is 4. The molecule has 8 aromatic rings. The zero-order valence-electron chi connectivity index (χ0n) is 35.2. The average Bonchev–Trinajstić information content (AvgIpc) is 3.33. The molecule has 320 valence electrons. The van der Waals surface area contributed by atoms with E-state index < -0.39 is 0 Å². The van der Waals surface area contributed by atoms with Gasteiger partial charge in [0.05, 0.1) is 52.9 Å². The maximum Gasteiger partial charge on any atom is 0.126 e. The molecule has 1 aliphatic rings. The molecule has 1 aliphatic heterocycles. The standard InChI is InChI=1S/C56H48O8/c57-53-45-21-41(37-13-5-1-6-14-37)22-46(53)30-62-32-48-24-43(39-17-9-3-10-18-39)26-50(55(48)59)34-64-36-52-28-44(40-19-11-4-12-20-40)27-51(56(52)60)35-63-33-49-25-42(38-15-7-2-8-16-38)23-47(54(49)58)31-61-29-45/h1-28,57-60H,29-36H2. The molecule has 0 spiro atoms. The van der Waals surface area contributed by atoms with Gasteiger partial charge in [-0.1, -0.05) is 121 Å². The van der Waals surface area contributed by atoms with E-state index in [1.54, 1.807) is 0 Å². The van der Waals surface area contributed by atoms with Crippen LogP contribution in [0.15, 0.2) is 170 Å². The van der Waals surface area contributed by atoms with Gasteiger partial charge < -0.3 is 39.4 Å². The molecule has 8 heteroatoms. The van der Waals surface area contributed by atoms with E-state index in [1.165, 1.54) is 0 Å². The fourth-order valence-corrected chi connectivity index (χ4v) is 8.19. The van der Waals surface area contributed by atoms with Gasteiger partial charge in [-0.05, 0) is 93.0 Å². The Kier molecular flexibility index (Phi) is 12.8. The number of benzene rings is 8. The Labute approximate surface area is 372 Å². The first-order valence-electron chi connectivity index (χ1n) is 21.3. The lowest BCUT2D eigenvalue weighted by Crippen LogP contribution is -2.04. The van der Waals surface area contributed by atoms with Gasteiger partial charge in [-0.3, -0.25) is 0 Å². The van der Waals surface area contributed by atoms with Crippen molar-refractivity contribution in [2.24, 2.45) is 0 Å². The van der Waals surface area contributed by atoms with Crippen molar-refractivity contribution >= 4 is 0 Å². The quantitative estimate of drug-likeness (QED) is 0.138. The van der Waals surface area contributed by atoms with Crippen LogP contribution in [0.5, 0.6) is 23.0 Å². The van der Waals surface area contributed by atoms with Crippen LogP contribution in [0.3, 0.4) is 0 Å². The second-order valence-electron chi connectivity index (χ2n) is 16.0. The highest BCUT2D eigenvalue weighted by Crippen LogP contribution is 2.38. The SMILES string of the molecule is Oc1c2cc(-c3ccccc3)cc1COCc1cc(-c3ccccc3)cc(c1O)COCc1cc(-c3ccccc3)cc(c1O)COCc1cc(-c3ccccc3)cc(c1O)COC2. The van der Waals surface area contributed by atoms with E-state index in [1.807, 2.05) is 170 Å². The molecular weight excluding hydrogens is 801 g/mol. The maximum absolute atomic E-state index is 11.7. The fraction of sp³-hybridized carbons (Fsp3) is 0.143. The minimum Gasteiger partial charge on any atom is -0.507 e. The van der Waals surface area contributed by atoms with Crippen molar-refractivity contribution in [2.45, 2.75) is 52.9 Å². The number of ether oxygens (including phenoxy) is 4. The zero-order valence-corrected chi connectivity index (χ0v) is 35.2. The third kappa shape index (κ3) is 9.56. The lowest BCUT2D eigenvalue weighted by molar-refractivity contribution is 0.0933. The third-order valence-corrected chi connectivity index (χ3v) is 11.6. The van der Waals surface area contributed by atoms with Crippen molar-refractivity contribution < 1.29 is 39.4 Å². The van der Waals surface area contributed by atoms with Gasteiger partial charge in [-0.25, -0.2) is 0 Å². The Hall–Kier alpha value is -7.20. The fourth-order valence-electron chi connectivity index (χ4n) is 8.19. The second kappa shape index (κ2) is 19.5. The summed E-state index contributed by atoms with van der Waals surface area (Å²) in [6.07, 6.45) is 0. The van der Waals surface area contributed by atoms with Gasteiger partial charge in [0.15, 0.2) is 0 Å². The van der Waals surface area contributed by atoms with Crippen molar-refractivity contribution in [1.29, 1.82) is 0 Å². The van der Waals surface area contributed by atoms with Gasteiger partial charge in [0.1, 0.15) is 23.0 Å². The van der Waals surface area contributed by atoms with Crippen LogP contribution >= 0.6 is 0 Å². The van der Waals surface area contributed by atoms with E-state index in [-0.39, 0.29) is 75.9 Å². The van der Waals surface area contributed by atoms with E-state index in [0.29, 0.717) is 44.5 Å². The van der Waals surface area contributed by atoms with Crippen molar-refractivity contribution in [3.63, 3.8) is 0 Å². The van der Waals surface area contributed by atoms with E-state index >= 15 is 0 Å². The molecule has 0 aromatic heterocycles. The van der Waals surface area contributed by atoms with Crippen LogP contribution in [0.1, 0.15) is 44.5 Å². The van der Waals surface area contributed by atoms with Gasteiger partial charge >= 0.3 is 0 Å². The van der Waals surface area contributed by atoms with Crippen molar-refractivity contribution in [1.82, 2.24) is 0 Å². The summed E-state index contributed by atoms with van der Waals surface area (Å²) in [5, 5.41) is 46.8. The Balaban J connectivity index is 1.11. The predicted octanol–water partition coefficient (Wildman–Crippen LogP) is 12.4. The Morgan fingerprint density at radius 3 is 0.531 bits per heavy atom. The third-order valence-electron chi connectivity index (χ3n) is 11.6. The van der Waals surface area contributed by atoms with Gasteiger partial charge in [-0.2, -0.15) is 0 Å². The summed E-state index contributed by atoms with van der Waals surface area (Å²) in [5.74, 6) is 0.180. The van der Waals surface area contributed by atoms with Gasteiger partial charge in [0.2, 0.25) is 0 Å². The van der Waals surface area contributed by atoms with Crippen LogP contribution in [-0.2, 0) is 71.8 Å². The van der Waals surface area contributed by atoms with Crippen LogP contribution in [0, 0.1) is 0 Å². The maximum atomic E-state index is 11.7. The van der Waals surface area contributed by atoms with Crippen LogP contribution in [0.25, 0.3) is 44.5 Å². The molecule has 8 aromatic carbocycles. The van der Waals surface area contributed by atoms with E-state index in [9.17, 15) is 20.4 Å². The van der Waals surface area contributed by atoms with Crippen LogP contribution in [-0.4, -0.2) is 20.4 Å². The van der Waals surface area contributed by atoms with Crippen LogP contribution < -0.4 is 0 Å². The molecule has 8 nitrogen and oxygen atoms in total. The average molecular weight is 849 g/mol. The van der Waals surface area contributed by atoms with Gasteiger partial charge in [0.25, 0.3) is 0 Å². The first-order valence-corrected chi connectivity index (χ1v) is 21.3. The number of fused-ring (bicyclic) bond motifs is 8. The summed E-state index contributed by atoms with van der Waals surface area (Å²) in [5.41, 5.74) is 11.8. The van der Waals surface area contributed by atoms with E-state index in [4.69, 9.17) is 18.9 Å². The molecule has 0 fully saturated rings. The smallest absolute Gasteiger partial charge is 0.126 e. The lowest BCUT2D eigenvalue weighted by atomic mass is 9.98. The molecule has 0 atom stereocenters. The molecule has 0 unspecified atom stereocenters. The first-order chi connectivity index (χ1) is 31.4. The summed E-state index contributed by atoms with van der Waals surface area (Å²) in [6, 6.07) is 54.9. The normalized spacial score (nSPS) is 13.8. The van der Waals surface area contributed by atoms with Crippen molar-refractivity contribution in [2.75, 3.05) is 0 Å². The highest BCUT2D eigenvalue weighted by molar-refractivity contribution is 5.70. The molecule has 0 radical (unpaired) electrons. The zero-order chi connectivity index (χ0) is 43.8. The molecular formula is C56H48O8.